The maximum Gasteiger partial charge on any atom is 0.487 e. The Morgan fingerprint density at radius 2 is 1.93 bits per heavy atom. The van der Waals surface area contributed by atoms with Crippen LogP contribution in [0.15, 0.2) is 40.9 Å². The zero-order valence-corrected chi connectivity index (χ0v) is 18.1. The van der Waals surface area contributed by atoms with E-state index in [9.17, 15) is 18.4 Å². The lowest BCUT2D eigenvalue weighted by atomic mass is 10.2. The van der Waals surface area contributed by atoms with Gasteiger partial charge in [-0.1, -0.05) is 0 Å². The lowest BCUT2D eigenvalue weighted by molar-refractivity contribution is -0.139. The molecule has 1 heterocycles. The molecule has 2 aromatic carbocycles. The fourth-order valence-electron chi connectivity index (χ4n) is 2.78. The number of ether oxygens (including phenoxy) is 2. The van der Waals surface area contributed by atoms with E-state index >= 15 is 0 Å². The van der Waals surface area contributed by atoms with Crippen molar-refractivity contribution in [2.45, 2.75) is 12.0 Å². The lowest BCUT2D eigenvalue weighted by Gasteiger charge is -2.11. The van der Waals surface area contributed by atoms with E-state index in [0.29, 0.717) is 32.6 Å². The predicted octanol–water partition coefficient (Wildman–Crippen LogP) is 4.47. The number of nitrogens with one attached hydrogen (secondary N) is 1. The number of imidazole rings is 1. The first-order valence-electron chi connectivity index (χ1n) is 8.46. The summed E-state index contributed by atoms with van der Waals surface area (Å²) in [7, 11) is 3.05. The molecule has 0 aliphatic rings. The molecular formula is C19H15BrClF2N3O4. The van der Waals surface area contributed by atoms with Crippen LogP contribution in [-0.4, -0.2) is 34.1 Å². The third-order valence-corrected chi connectivity index (χ3v) is 4.84. The number of aryl methyl sites for hydroxylation is 1. The third kappa shape index (κ3) is 5.06. The van der Waals surface area contributed by atoms with Crippen molar-refractivity contribution in [2.75, 3.05) is 12.4 Å². The molecule has 1 amide bonds. The number of carbonyl (C=O) groups excluding carboxylic acids is 2. The largest absolute Gasteiger partial charge is 0.487 e. The quantitative estimate of drug-likeness (QED) is 0.397. The summed E-state index contributed by atoms with van der Waals surface area (Å²) < 4.78 is 36.6. The van der Waals surface area contributed by atoms with Crippen LogP contribution in [-0.2, 0) is 23.0 Å². The number of nitrogens with zero attached hydrogens (tertiary/aromatic N) is 2. The van der Waals surface area contributed by atoms with Crippen molar-refractivity contribution in [3.05, 3.63) is 52.3 Å². The van der Waals surface area contributed by atoms with Crippen molar-refractivity contribution < 1.29 is 27.8 Å². The fraction of sp³-hybridized carbons (Fsp3) is 0.211. The highest BCUT2D eigenvalue weighted by Crippen LogP contribution is 2.28. The molecule has 158 valence electrons. The number of alkyl halides is 3. The zero-order valence-electron chi connectivity index (χ0n) is 15.7. The molecule has 0 aliphatic carbocycles. The Balaban J connectivity index is 1.82. The number of hydrogen-bond acceptors (Lipinski definition) is 5. The van der Waals surface area contributed by atoms with Gasteiger partial charge in [-0.3, -0.25) is 9.59 Å². The first kappa shape index (κ1) is 22.0. The molecule has 30 heavy (non-hydrogen) atoms. The summed E-state index contributed by atoms with van der Waals surface area (Å²) in [5.41, 5.74) is -1.90. The van der Waals surface area contributed by atoms with Gasteiger partial charge < -0.3 is 19.4 Å². The Hall–Kier alpha value is -2.72. The number of aromatic nitrogens is 2. The van der Waals surface area contributed by atoms with Gasteiger partial charge in [0.05, 0.1) is 18.1 Å². The van der Waals surface area contributed by atoms with Crippen molar-refractivity contribution in [3.8, 4) is 5.75 Å². The summed E-state index contributed by atoms with van der Waals surface area (Å²) in [5.74, 6) is -0.526. The van der Waals surface area contributed by atoms with Crippen LogP contribution in [0.2, 0.25) is 0 Å². The maximum absolute atomic E-state index is 12.7. The number of amides is 1. The van der Waals surface area contributed by atoms with E-state index in [4.69, 9.17) is 11.6 Å². The predicted molar refractivity (Wildman–Crippen MR) is 110 cm³/mol. The maximum atomic E-state index is 12.7. The van der Waals surface area contributed by atoms with Crippen molar-refractivity contribution in [1.29, 1.82) is 0 Å². The molecule has 0 unspecified atom stereocenters. The summed E-state index contributed by atoms with van der Waals surface area (Å²) >= 11 is 8.15. The Kier molecular flexibility index (Phi) is 6.27. The molecule has 0 atom stereocenters. The molecule has 0 radical (unpaired) electrons. The smallest absolute Gasteiger partial charge is 0.469 e. The van der Waals surface area contributed by atoms with Gasteiger partial charge in [-0.15, -0.1) is 8.78 Å². The average molecular weight is 503 g/mol. The first-order chi connectivity index (χ1) is 14.1. The van der Waals surface area contributed by atoms with Crippen molar-refractivity contribution in [3.63, 3.8) is 0 Å². The van der Waals surface area contributed by atoms with E-state index in [-0.39, 0.29) is 12.2 Å². The van der Waals surface area contributed by atoms with Gasteiger partial charge in [-0.2, -0.15) is 0 Å². The minimum Gasteiger partial charge on any atom is -0.469 e. The Labute approximate surface area is 183 Å². The standard InChI is InChI=1S/C19H15BrClF2N3O4/c1-26-15(9-16(27)29-2)25-14-8-10(7-13(20)17(14)26)18(28)24-11-3-5-12(6-4-11)30-19(21,22)23/h3-8H,9H2,1-2H3,(H,24,28). The van der Waals surface area contributed by atoms with Gasteiger partial charge in [0, 0.05) is 34.4 Å². The highest BCUT2D eigenvalue weighted by molar-refractivity contribution is 9.10. The molecule has 0 saturated heterocycles. The molecule has 1 aromatic heterocycles. The number of halogens is 4. The number of anilines is 1. The fourth-order valence-corrected chi connectivity index (χ4v) is 3.58. The second-order valence-electron chi connectivity index (χ2n) is 6.19. The molecule has 3 rings (SSSR count). The highest BCUT2D eigenvalue weighted by Gasteiger charge is 2.27. The average Bonchev–Trinajstić information content (AvgIpc) is 2.97. The molecule has 0 fully saturated rings. The Morgan fingerprint density at radius 3 is 2.53 bits per heavy atom. The molecular weight excluding hydrogens is 488 g/mol. The van der Waals surface area contributed by atoms with E-state index in [1.807, 2.05) is 0 Å². The second-order valence-corrected chi connectivity index (χ2v) is 7.49. The summed E-state index contributed by atoms with van der Waals surface area (Å²) in [5, 5.41) is 2.66. The molecule has 0 bridgehead atoms. The minimum atomic E-state index is -3.82. The first-order valence-corrected chi connectivity index (χ1v) is 9.63. The third-order valence-electron chi connectivity index (χ3n) is 4.15. The second kappa shape index (κ2) is 8.57. The van der Waals surface area contributed by atoms with Gasteiger partial charge in [0.2, 0.25) is 0 Å². The molecule has 0 saturated carbocycles. The van der Waals surface area contributed by atoms with Crippen LogP contribution < -0.4 is 10.1 Å². The number of rotatable bonds is 6. The van der Waals surface area contributed by atoms with Gasteiger partial charge in [-0.25, -0.2) is 4.98 Å². The lowest BCUT2D eigenvalue weighted by Crippen LogP contribution is -2.15. The zero-order chi connectivity index (χ0) is 22.1. The molecule has 3 aromatic rings. The van der Waals surface area contributed by atoms with Crippen molar-refractivity contribution in [2.24, 2.45) is 7.05 Å². The van der Waals surface area contributed by atoms with Crippen LogP contribution in [0.5, 0.6) is 5.75 Å². The number of esters is 1. The van der Waals surface area contributed by atoms with Gasteiger partial charge >= 0.3 is 11.5 Å². The van der Waals surface area contributed by atoms with Crippen LogP contribution in [0.1, 0.15) is 16.2 Å². The number of carbonyl (C=O) groups is 2. The Morgan fingerprint density at radius 1 is 1.27 bits per heavy atom. The highest BCUT2D eigenvalue weighted by atomic mass is 79.9. The van der Waals surface area contributed by atoms with Crippen molar-refractivity contribution >= 4 is 56.1 Å². The summed E-state index contributed by atoms with van der Waals surface area (Å²) in [4.78, 5) is 28.6. The van der Waals surface area contributed by atoms with Crippen molar-refractivity contribution in [1.82, 2.24) is 9.55 Å². The molecule has 0 aliphatic heterocycles. The van der Waals surface area contributed by atoms with Gasteiger partial charge in [-0.05, 0) is 52.3 Å². The van der Waals surface area contributed by atoms with E-state index in [0.717, 1.165) is 0 Å². The molecule has 7 nitrogen and oxygen atoms in total. The minimum absolute atomic E-state index is 0.00851. The topological polar surface area (TPSA) is 82.4 Å². The van der Waals surface area contributed by atoms with Gasteiger partial charge in [0.25, 0.3) is 5.91 Å². The van der Waals surface area contributed by atoms with Crippen LogP contribution >= 0.6 is 27.5 Å². The normalized spacial score (nSPS) is 11.4. The number of hydrogen-bond donors (Lipinski definition) is 1. The Bertz CT molecular complexity index is 1110. The monoisotopic (exact) mass is 501 g/mol. The van der Waals surface area contributed by atoms with Gasteiger partial charge in [0.15, 0.2) is 0 Å². The van der Waals surface area contributed by atoms with Crippen LogP contribution in [0.25, 0.3) is 11.0 Å². The van der Waals surface area contributed by atoms with Crippen LogP contribution in [0, 0.1) is 0 Å². The SMILES string of the molecule is COC(=O)Cc1nc2cc(C(=O)Nc3ccc(OC(F)(F)Cl)cc3)cc(Br)c2n1C. The van der Waals surface area contributed by atoms with Crippen LogP contribution in [0.4, 0.5) is 14.5 Å². The molecule has 1 N–H and O–H groups in total. The summed E-state index contributed by atoms with van der Waals surface area (Å²) in [6.45, 7) is 0. The molecule has 0 spiro atoms. The van der Waals surface area contributed by atoms with Crippen LogP contribution in [0.3, 0.4) is 0 Å². The van der Waals surface area contributed by atoms with E-state index < -0.39 is 17.4 Å². The summed E-state index contributed by atoms with van der Waals surface area (Å²) in [6.07, 6.45) is -0.00851. The summed E-state index contributed by atoms with van der Waals surface area (Å²) in [6, 6.07) is 8.51. The van der Waals surface area contributed by atoms with E-state index in [1.54, 1.807) is 23.7 Å². The van der Waals surface area contributed by atoms with Gasteiger partial charge in [0.1, 0.15) is 18.0 Å². The van der Waals surface area contributed by atoms with E-state index in [2.05, 4.69) is 35.7 Å². The number of methoxy groups -OCH3 is 1. The number of fused-ring (bicyclic) bond motifs is 1. The van der Waals surface area contributed by atoms with E-state index in [1.165, 1.54) is 31.4 Å². The number of benzene rings is 2. The molecule has 11 heteroatoms.